The van der Waals surface area contributed by atoms with Crippen LogP contribution in [0.3, 0.4) is 0 Å². The van der Waals surface area contributed by atoms with Crippen molar-refractivity contribution in [2.75, 3.05) is 19.7 Å². The van der Waals surface area contributed by atoms with Crippen molar-refractivity contribution >= 4 is 37.9 Å². The van der Waals surface area contributed by atoms with Crippen molar-refractivity contribution < 1.29 is 19.6 Å². The topological polar surface area (TPSA) is 90.8 Å². The summed E-state index contributed by atoms with van der Waals surface area (Å²) in [7, 11) is -1.26. The lowest BCUT2D eigenvalue weighted by molar-refractivity contribution is -0.153. The molecule has 2 saturated heterocycles. The van der Waals surface area contributed by atoms with E-state index >= 15 is 0 Å². The Hall–Kier alpha value is -0.0451. The van der Waals surface area contributed by atoms with Gasteiger partial charge in [0.05, 0.1) is 6.61 Å². The van der Waals surface area contributed by atoms with Crippen LogP contribution in [-0.2, 0) is 9.53 Å². The van der Waals surface area contributed by atoms with Gasteiger partial charge in [-0.3, -0.25) is 4.79 Å². The molecular formula is C13H27BCl2N2O4. The standard InChI is InChI=1S/C13H25BN2O4.2ClH/c1-2-20-12(17)13(6-3-4-7-14(18)19)10-5-8-15-11(10)9-16-13;;/h10-11,15-16,18-19H,2-9H2,1H3;2*1H/t10-,11-,13+;;/m0../s1. The number of fused-ring (bicyclic) bond motifs is 1. The summed E-state index contributed by atoms with van der Waals surface area (Å²) in [6.07, 6.45) is 3.52. The average Bonchev–Trinajstić information content (AvgIpc) is 2.98. The number of ether oxygens (including phenoxy) is 1. The Morgan fingerprint density at radius 3 is 2.73 bits per heavy atom. The number of nitrogens with one attached hydrogen (secondary N) is 2. The van der Waals surface area contributed by atoms with E-state index in [1.807, 2.05) is 6.92 Å². The van der Waals surface area contributed by atoms with E-state index in [9.17, 15) is 4.79 Å². The first-order valence-electron chi connectivity index (χ1n) is 7.62. The smallest absolute Gasteiger partial charge is 0.451 e. The van der Waals surface area contributed by atoms with Crippen LogP contribution in [0.1, 0.15) is 32.6 Å². The number of unbranched alkanes of at least 4 members (excludes halogenated alkanes) is 1. The molecule has 2 heterocycles. The number of esters is 1. The molecule has 0 saturated carbocycles. The minimum atomic E-state index is -1.26. The number of halogens is 2. The first-order chi connectivity index (χ1) is 9.60. The highest BCUT2D eigenvalue weighted by Gasteiger charge is 2.55. The van der Waals surface area contributed by atoms with Gasteiger partial charge in [0, 0.05) is 18.5 Å². The van der Waals surface area contributed by atoms with E-state index in [0.29, 0.717) is 31.8 Å². The van der Waals surface area contributed by atoms with Gasteiger partial charge in [-0.1, -0.05) is 12.8 Å². The Balaban J connectivity index is 0.00000220. The average molecular weight is 357 g/mol. The van der Waals surface area contributed by atoms with E-state index in [2.05, 4.69) is 10.6 Å². The predicted molar refractivity (Wildman–Crippen MR) is 90.6 cm³/mol. The molecule has 0 aromatic heterocycles. The van der Waals surface area contributed by atoms with E-state index in [-0.39, 0.29) is 36.7 Å². The number of carbonyl (C=O) groups is 1. The molecule has 0 bridgehead atoms. The van der Waals surface area contributed by atoms with Crippen LogP contribution >= 0.6 is 24.8 Å². The van der Waals surface area contributed by atoms with Gasteiger partial charge in [0.1, 0.15) is 5.54 Å². The Labute approximate surface area is 144 Å². The van der Waals surface area contributed by atoms with Gasteiger partial charge in [-0.25, -0.2) is 0 Å². The summed E-state index contributed by atoms with van der Waals surface area (Å²) in [5.74, 6) is 0.126. The lowest BCUT2D eigenvalue weighted by atomic mass is 9.77. The van der Waals surface area contributed by atoms with Gasteiger partial charge in [0.15, 0.2) is 0 Å². The van der Waals surface area contributed by atoms with Crippen molar-refractivity contribution in [3.8, 4) is 0 Å². The predicted octanol–water partition coefficient (Wildman–Crippen LogP) is 0.356. The van der Waals surface area contributed by atoms with Crippen molar-refractivity contribution in [3.63, 3.8) is 0 Å². The second-order valence-corrected chi connectivity index (χ2v) is 5.75. The van der Waals surface area contributed by atoms with Gasteiger partial charge in [-0.15, -0.1) is 24.8 Å². The molecule has 130 valence electrons. The maximum Gasteiger partial charge on any atom is 0.451 e. The zero-order valence-electron chi connectivity index (χ0n) is 12.9. The molecule has 22 heavy (non-hydrogen) atoms. The zero-order chi connectivity index (χ0) is 14.6. The molecule has 2 fully saturated rings. The van der Waals surface area contributed by atoms with Gasteiger partial charge in [-0.05, 0) is 32.6 Å². The fraction of sp³-hybridized carbons (Fsp3) is 0.923. The van der Waals surface area contributed by atoms with Crippen LogP contribution in [0.25, 0.3) is 0 Å². The first kappa shape index (κ1) is 22.0. The Kier molecular flexibility index (Phi) is 9.93. The molecule has 3 atom stereocenters. The highest BCUT2D eigenvalue weighted by atomic mass is 35.5. The summed E-state index contributed by atoms with van der Waals surface area (Å²) in [4.78, 5) is 12.4. The monoisotopic (exact) mass is 356 g/mol. The molecule has 0 aromatic rings. The molecule has 2 rings (SSSR count). The van der Waals surface area contributed by atoms with E-state index in [0.717, 1.165) is 25.9 Å². The minimum absolute atomic E-state index is 0. The van der Waals surface area contributed by atoms with Gasteiger partial charge in [0.25, 0.3) is 0 Å². The fourth-order valence-electron chi connectivity index (χ4n) is 3.59. The van der Waals surface area contributed by atoms with Gasteiger partial charge in [0.2, 0.25) is 0 Å². The third-order valence-electron chi connectivity index (χ3n) is 4.54. The van der Waals surface area contributed by atoms with E-state index in [1.54, 1.807) is 0 Å². The summed E-state index contributed by atoms with van der Waals surface area (Å²) in [6.45, 7) is 3.97. The number of carbonyl (C=O) groups excluding carboxylic acids is 1. The van der Waals surface area contributed by atoms with Crippen molar-refractivity contribution in [2.24, 2.45) is 5.92 Å². The SMILES string of the molecule is CCOC(=O)[C@]1(CCCCB(O)O)NC[C@@H]2NCC[C@@H]21.Cl.Cl. The van der Waals surface area contributed by atoms with Crippen molar-refractivity contribution in [3.05, 3.63) is 0 Å². The highest BCUT2D eigenvalue weighted by molar-refractivity contribution is 6.40. The van der Waals surface area contributed by atoms with Crippen molar-refractivity contribution in [1.82, 2.24) is 10.6 Å². The third kappa shape index (κ3) is 4.72. The molecule has 2 aliphatic heterocycles. The van der Waals surface area contributed by atoms with E-state index in [4.69, 9.17) is 14.8 Å². The summed E-state index contributed by atoms with van der Waals surface area (Å²) < 4.78 is 5.29. The Bertz CT molecular complexity index is 352. The van der Waals surface area contributed by atoms with Crippen LogP contribution in [-0.4, -0.2) is 54.4 Å². The molecule has 0 radical (unpaired) electrons. The van der Waals surface area contributed by atoms with Crippen LogP contribution in [0.5, 0.6) is 0 Å². The van der Waals surface area contributed by atoms with Crippen LogP contribution in [0, 0.1) is 5.92 Å². The number of rotatable bonds is 7. The van der Waals surface area contributed by atoms with Crippen LogP contribution in [0.2, 0.25) is 6.32 Å². The van der Waals surface area contributed by atoms with Gasteiger partial charge >= 0.3 is 13.1 Å². The van der Waals surface area contributed by atoms with Crippen LogP contribution in [0.4, 0.5) is 0 Å². The lowest BCUT2D eigenvalue weighted by Gasteiger charge is -2.32. The van der Waals surface area contributed by atoms with E-state index in [1.165, 1.54) is 0 Å². The highest BCUT2D eigenvalue weighted by Crippen LogP contribution is 2.38. The van der Waals surface area contributed by atoms with Crippen molar-refractivity contribution in [1.29, 1.82) is 0 Å². The second-order valence-electron chi connectivity index (χ2n) is 5.75. The summed E-state index contributed by atoms with van der Waals surface area (Å²) in [6, 6.07) is 0.350. The molecule has 4 N–H and O–H groups in total. The minimum Gasteiger partial charge on any atom is -0.465 e. The van der Waals surface area contributed by atoms with Crippen LogP contribution < -0.4 is 10.6 Å². The first-order valence-corrected chi connectivity index (χ1v) is 7.62. The molecule has 0 aromatic carbocycles. The molecule has 6 nitrogen and oxygen atoms in total. The fourth-order valence-corrected chi connectivity index (χ4v) is 3.59. The zero-order valence-corrected chi connectivity index (χ0v) is 14.5. The maximum absolute atomic E-state index is 12.4. The molecule has 2 aliphatic rings. The summed E-state index contributed by atoms with van der Waals surface area (Å²) in [5, 5.41) is 24.6. The number of hydrogen-bond acceptors (Lipinski definition) is 6. The molecule has 0 unspecified atom stereocenters. The van der Waals surface area contributed by atoms with Crippen LogP contribution in [0.15, 0.2) is 0 Å². The molecule has 0 spiro atoms. The second kappa shape index (κ2) is 9.95. The molecule has 0 amide bonds. The Morgan fingerprint density at radius 1 is 1.36 bits per heavy atom. The summed E-state index contributed by atoms with van der Waals surface area (Å²) >= 11 is 0. The molecule has 0 aliphatic carbocycles. The quantitative estimate of drug-likeness (QED) is 0.299. The normalized spacial score (nSPS) is 29.2. The van der Waals surface area contributed by atoms with Crippen molar-refractivity contribution in [2.45, 2.75) is 50.5 Å². The molecular weight excluding hydrogens is 330 g/mol. The number of hydrogen-bond donors (Lipinski definition) is 4. The third-order valence-corrected chi connectivity index (χ3v) is 4.54. The van der Waals surface area contributed by atoms with E-state index < -0.39 is 12.7 Å². The summed E-state index contributed by atoms with van der Waals surface area (Å²) in [5.41, 5.74) is -0.593. The van der Waals surface area contributed by atoms with Gasteiger partial charge < -0.3 is 25.4 Å². The lowest BCUT2D eigenvalue weighted by Crippen LogP contribution is -2.53. The largest absolute Gasteiger partial charge is 0.465 e. The van der Waals surface area contributed by atoms with Gasteiger partial charge in [-0.2, -0.15) is 0 Å². The molecule has 9 heteroatoms. The maximum atomic E-state index is 12.4. The Morgan fingerprint density at radius 2 is 2.09 bits per heavy atom.